The predicted molar refractivity (Wildman–Crippen MR) is 39.9 cm³/mol. The number of hydrogen-bond donors (Lipinski definition) is 1. The molecular weight excluding hydrogens is 146 g/mol. The molecule has 1 aliphatic rings. The van der Waals surface area contributed by atoms with Crippen LogP contribution in [-0.4, -0.2) is 31.7 Å². The van der Waals surface area contributed by atoms with Crippen molar-refractivity contribution in [3.05, 3.63) is 12.4 Å². The molecular formula is C7H10BFO2. The molecule has 0 saturated carbocycles. The van der Waals surface area contributed by atoms with Crippen LogP contribution in [-0.2, 0) is 4.74 Å². The van der Waals surface area contributed by atoms with E-state index in [-0.39, 0.29) is 6.61 Å². The van der Waals surface area contributed by atoms with E-state index < -0.39 is 23.9 Å². The highest BCUT2D eigenvalue weighted by Crippen LogP contribution is 2.30. The highest BCUT2D eigenvalue weighted by atomic mass is 19.1. The Hall–Kier alpha value is -0.345. The Labute approximate surface area is 66.5 Å². The number of halogens is 1. The number of aliphatic hydroxyl groups is 1. The maximum atomic E-state index is 12.6. The molecule has 0 aromatic rings. The van der Waals surface area contributed by atoms with Crippen LogP contribution in [0.2, 0.25) is 0 Å². The SMILES string of the molecule is [B]C1CC(C(=C)F)C(CO)O1. The Morgan fingerprint density at radius 1 is 1.82 bits per heavy atom. The van der Waals surface area contributed by atoms with Gasteiger partial charge in [0, 0.05) is 11.9 Å². The van der Waals surface area contributed by atoms with Gasteiger partial charge in [-0.05, 0) is 6.42 Å². The number of rotatable bonds is 2. The van der Waals surface area contributed by atoms with Crippen molar-refractivity contribution in [3.63, 3.8) is 0 Å². The summed E-state index contributed by atoms with van der Waals surface area (Å²) in [6, 6.07) is -0.468. The van der Waals surface area contributed by atoms with E-state index in [9.17, 15) is 4.39 Å². The third-order valence-electron chi connectivity index (χ3n) is 1.87. The van der Waals surface area contributed by atoms with Crippen LogP contribution in [0.5, 0.6) is 0 Å². The minimum Gasteiger partial charge on any atom is -0.394 e. The van der Waals surface area contributed by atoms with Gasteiger partial charge in [-0.1, -0.05) is 6.58 Å². The van der Waals surface area contributed by atoms with Gasteiger partial charge in [0.2, 0.25) is 0 Å². The summed E-state index contributed by atoms with van der Waals surface area (Å²) in [7, 11) is 5.39. The van der Waals surface area contributed by atoms with Crippen molar-refractivity contribution < 1.29 is 14.2 Å². The molecule has 0 spiro atoms. The standard InChI is InChI=1S/C7H10BFO2/c1-4(9)5-2-7(8)11-6(5)3-10/h5-7,10H,1-3H2. The number of aliphatic hydroxyl groups excluding tert-OH is 1. The topological polar surface area (TPSA) is 29.5 Å². The Morgan fingerprint density at radius 3 is 2.82 bits per heavy atom. The molecule has 0 aliphatic carbocycles. The van der Waals surface area contributed by atoms with Gasteiger partial charge in [-0.2, -0.15) is 0 Å². The Bertz CT molecular complexity index is 163. The number of ether oxygens (including phenoxy) is 1. The lowest BCUT2D eigenvalue weighted by atomic mass is 9.90. The van der Waals surface area contributed by atoms with Gasteiger partial charge in [0.05, 0.1) is 18.5 Å². The fourth-order valence-corrected chi connectivity index (χ4v) is 1.28. The Morgan fingerprint density at radius 2 is 2.45 bits per heavy atom. The molecule has 60 valence electrons. The third-order valence-corrected chi connectivity index (χ3v) is 1.87. The molecule has 0 bridgehead atoms. The molecule has 4 heteroatoms. The maximum Gasteiger partial charge on any atom is 0.109 e. The van der Waals surface area contributed by atoms with E-state index in [4.69, 9.17) is 17.7 Å². The van der Waals surface area contributed by atoms with Crippen molar-refractivity contribution in [2.75, 3.05) is 6.61 Å². The lowest BCUT2D eigenvalue weighted by Gasteiger charge is -2.12. The van der Waals surface area contributed by atoms with E-state index in [1.54, 1.807) is 0 Å². The molecule has 1 N–H and O–H groups in total. The van der Waals surface area contributed by atoms with Crippen molar-refractivity contribution >= 4 is 7.85 Å². The molecule has 1 heterocycles. The van der Waals surface area contributed by atoms with Crippen LogP contribution in [0.1, 0.15) is 6.42 Å². The molecule has 0 amide bonds. The fraction of sp³-hybridized carbons (Fsp3) is 0.714. The molecule has 1 rings (SSSR count). The molecule has 0 aromatic heterocycles. The zero-order valence-corrected chi connectivity index (χ0v) is 6.16. The lowest BCUT2D eigenvalue weighted by molar-refractivity contribution is 0.0289. The summed E-state index contributed by atoms with van der Waals surface area (Å²) < 4.78 is 17.6. The van der Waals surface area contributed by atoms with Crippen LogP contribution in [0.4, 0.5) is 4.39 Å². The van der Waals surface area contributed by atoms with Gasteiger partial charge in [0.15, 0.2) is 0 Å². The quantitative estimate of drug-likeness (QED) is 0.585. The van der Waals surface area contributed by atoms with Crippen molar-refractivity contribution in [2.45, 2.75) is 18.5 Å². The fourth-order valence-electron chi connectivity index (χ4n) is 1.28. The van der Waals surface area contributed by atoms with Crippen LogP contribution in [0, 0.1) is 5.92 Å². The monoisotopic (exact) mass is 156 g/mol. The molecule has 1 saturated heterocycles. The summed E-state index contributed by atoms with van der Waals surface area (Å²) in [5, 5.41) is 8.71. The average Bonchev–Trinajstić information content (AvgIpc) is 2.30. The summed E-state index contributed by atoms with van der Waals surface area (Å²) in [6.07, 6.45) is -0.108. The van der Waals surface area contributed by atoms with Crippen LogP contribution in [0.3, 0.4) is 0 Å². The molecule has 3 unspecified atom stereocenters. The van der Waals surface area contributed by atoms with Crippen molar-refractivity contribution in [3.8, 4) is 0 Å². The Balaban J connectivity index is 2.57. The minimum absolute atomic E-state index is 0.207. The lowest BCUT2D eigenvalue weighted by Crippen LogP contribution is -2.20. The van der Waals surface area contributed by atoms with Crippen molar-refractivity contribution in [1.82, 2.24) is 0 Å². The molecule has 2 nitrogen and oxygen atoms in total. The first-order chi connectivity index (χ1) is 5.15. The normalized spacial score (nSPS) is 37.5. The average molecular weight is 156 g/mol. The summed E-state index contributed by atoms with van der Waals surface area (Å²) in [5.41, 5.74) is 0. The second-order valence-electron chi connectivity index (χ2n) is 2.68. The second kappa shape index (κ2) is 3.37. The van der Waals surface area contributed by atoms with Crippen molar-refractivity contribution in [2.24, 2.45) is 5.92 Å². The highest BCUT2D eigenvalue weighted by Gasteiger charge is 2.34. The van der Waals surface area contributed by atoms with Gasteiger partial charge in [-0.3, -0.25) is 0 Å². The first kappa shape index (κ1) is 8.75. The summed E-state index contributed by atoms with van der Waals surface area (Å²) in [6.45, 7) is 2.95. The van der Waals surface area contributed by atoms with E-state index in [0.29, 0.717) is 6.42 Å². The third kappa shape index (κ3) is 1.82. The molecule has 1 fully saturated rings. The van der Waals surface area contributed by atoms with Crippen molar-refractivity contribution in [1.29, 1.82) is 0 Å². The summed E-state index contributed by atoms with van der Waals surface area (Å²) >= 11 is 0. The predicted octanol–water partition coefficient (Wildman–Crippen LogP) is 0.362. The molecule has 2 radical (unpaired) electrons. The van der Waals surface area contributed by atoms with E-state index in [2.05, 4.69) is 6.58 Å². The van der Waals surface area contributed by atoms with Crippen LogP contribution >= 0.6 is 0 Å². The summed E-state index contributed by atoms with van der Waals surface area (Å²) in [5.74, 6) is -0.896. The molecule has 1 aliphatic heterocycles. The maximum absolute atomic E-state index is 12.6. The van der Waals surface area contributed by atoms with Gasteiger partial charge in [-0.15, -0.1) is 0 Å². The first-order valence-corrected chi connectivity index (χ1v) is 3.51. The van der Waals surface area contributed by atoms with E-state index in [0.717, 1.165) is 0 Å². The smallest absolute Gasteiger partial charge is 0.109 e. The molecule has 0 aromatic carbocycles. The highest BCUT2D eigenvalue weighted by molar-refractivity contribution is 6.11. The van der Waals surface area contributed by atoms with Crippen LogP contribution in [0.25, 0.3) is 0 Å². The summed E-state index contributed by atoms with van der Waals surface area (Å²) in [4.78, 5) is 0. The number of hydrogen-bond acceptors (Lipinski definition) is 2. The van der Waals surface area contributed by atoms with E-state index >= 15 is 0 Å². The Kier molecular flexibility index (Phi) is 2.68. The van der Waals surface area contributed by atoms with Gasteiger partial charge >= 0.3 is 0 Å². The largest absolute Gasteiger partial charge is 0.394 e. The zero-order chi connectivity index (χ0) is 8.43. The van der Waals surface area contributed by atoms with Gasteiger partial charge in [-0.25, -0.2) is 4.39 Å². The van der Waals surface area contributed by atoms with E-state index in [1.165, 1.54) is 0 Å². The van der Waals surface area contributed by atoms with E-state index in [1.807, 2.05) is 0 Å². The van der Waals surface area contributed by atoms with Crippen LogP contribution in [0.15, 0.2) is 12.4 Å². The second-order valence-corrected chi connectivity index (χ2v) is 2.68. The zero-order valence-electron chi connectivity index (χ0n) is 6.16. The van der Waals surface area contributed by atoms with Gasteiger partial charge < -0.3 is 9.84 Å². The molecule has 11 heavy (non-hydrogen) atoms. The minimum atomic E-state index is -0.512. The molecule has 3 atom stereocenters. The van der Waals surface area contributed by atoms with Gasteiger partial charge in [0.1, 0.15) is 7.85 Å². The van der Waals surface area contributed by atoms with Gasteiger partial charge in [0.25, 0.3) is 0 Å². The van der Waals surface area contributed by atoms with Crippen LogP contribution < -0.4 is 0 Å². The first-order valence-electron chi connectivity index (χ1n) is 3.51.